The first kappa shape index (κ1) is 88.3. The molecule has 13 heterocycles. The van der Waals surface area contributed by atoms with E-state index in [1.807, 2.05) is 0 Å². The van der Waals surface area contributed by atoms with Crippen LogP contribution in [0.3, 0.4) is 0 Å². The van der Waals surface area contributed by atoms with Crippen molar-refractivity contribution in [2.75, 3.05) is 79.3 Å². The van der Waals surface area contributed by atoms with Crippen LogP contribution in [0.5, 0.6) is 23.0 Å². The minimum Gasteiger partial charge on any atom is -0.481 e. The van der Waals surface area contributed by atoms with E-state index in [1.165, 1.54) is 36.4 Å². The van der Waals surface area contributed by atoms with Crippen molar-refractivity contribution in [1.82, 2.24) is 19.9 Å². The summed E-state index contributed by atoms with van der Waals surface area (Å²) in [4.78, 5) is 15.9. The number of H-pyrrole nitrogens is 2. The lowest BCUT2D eigenvalue weighted by atomic mass is 9.98. The quantitative estimate of drug-likeness (QED) is 0.0251. The van der Waals surface area contributed by atoms with Crippen LogP contribution < -0.4 is 18.9 Å². The van der Waals surface area contributed by atoms with E-state index in [4.69, 9.17) is 85.8 Å². The second-order valence-corrected chi connectivity index (χ2v) is 29.2. The second-order valence-electron chi connectivity index (χ2n) is 29.2. The molecule has 36 atom stereocenters. The Bertz CT molecular complexity index is 3790. The highest BCUT2D eigenvalue weighted by Gasteiger charge is 2.64. The smallest absolute Gasteiger partial charge is 0.224 e. The zero-order valence-corrected chi connectivity index (χ0v) is 60.8. The number of hydrogen-bond acceptors (Lipinski definition) is 46. The molecule has 652 valence electrons. The van der Waals surface area contributed by atoms with E-state index >= 15 is 0 Å². The van der Waals surface area contributed by atoms with Gasteiger partial charge >= 0.3 is 0 Å². The maximum Gasteiger partial charge on any atom is 0.224 e. The van der Waals surface area contributed by atoms with Gasteiger partial charge in [-0.05, 0) is 49.3 Å². The molecule has 8 bridgehead atoms. The molecular formula is C68H96N4O44. The number of ether oxygens (including phenoxy) is 16. The number of aryl methyl sites for hydroxylation is 2. The first-order valence-electron chi connectivity index (χ1n) is 36.8. The molecule has 8 fully saturated rings. The highest BCUT2D eigenvalue weighted by molar-refractivity contribution is 5.84. The molecule has 0 aromatic carbocycles. The van der Waals surface area contributed by atoms with Crippen molar-refractivity contribution < 1.29 is 219 Å². The fourth-order valence-corrected chi connectivity index (χ4v) is 15.5. The zero-order chi connectivity index (χ0) is 83.7. The van der Waals surface area contributed by atoms with E-state index in [2.05, 4.69) is 9.97 Å². The monoisotopic (exact) mass is 1670 g/mol. The third kappa shape index (κ3) is 15.7. The highest BCUT2D eigenvalue weighted by atomic mass is 16.8. The van der Waals surface area contributed by atoms with Crippen molar-refractivity contribution >= 4 is 34.2 Å². The lowest BCUT2D eigenvalue weighted by Crippen LogP contribution is -2.64. The summed E-state index contributed by atoms with van der Waals surface area (Å²) < 4.78 is 95.4. The Morgan fingerprint density at radius 2 is 0.517 bits per heavy atom. The number of aromatic nitrogens is 4. The fourth-order valence-electron chi connectivity index (χ4n) is 15.5. The van der Waals surface area contributed by atoms with E-state index in [1.54, 1.807) is 0 Å². The summed E-state index contributed by atoms with van der Waals surface area (Å²) >= 11 is 0. The van der Waals surface area contributed by atoms with Crippen LogP contribution in [0.2, 0.25) is 0 Å². The average Bonchev–Trinajstić information content (AvgIpc) is 1.55. The van der Waals surface area contributed by atoms with Gasteiger partial charge in [-0.25, -0.2) is 9.97 Å². The summed E-state index contributed by atoms with van der Waals surface area (Å²) in [5.41, 5.74) is -1.82. The van der Waals surface area contributed by atoms with Crippen LogP contribution >= 0.6 is 0 Å². The van der Waals surface area contributed by atoms with Crippen LogP contribution in [0.25, 0.3) is 34.2 Å². The Balaban J connectivity index is 0.970. The molecule has 48 heteroatoms. The van der Waals surface area contributed by atoms with Gasteiger partial charge < -0.3 is 229 Å². The van der Waals surface area contributed by atoms with Crippen LogP contribution in [0.15, 0.2) is 24.3 Å². The van der Waals surface area contributed by atoms with Crippen LogP contribution in [-0.2, 0) is 69.7 Å². The fraction of sp³-hybridized carbons (Fsp3) is 0.735. The molecule has 3 aromatic rings. The average molecular weight is 1670 g/mol. The number of aliphatic hydroxyl groups excluding tert-OH is 28. The van der Waals surface area contributed by atoms with Crippen molar-refractivity contribution in [3.63, 3.8) is 0 Å². The predicted molar refractivity (Wildman–Crippen MR) is 366 cm³/mol. The van der Waals surface area contributed by atoms with Gasteiger partial charge in [0, 0.05) is 0 Å². The molecule has 48 nitrogen and oxygen atoms in total. The Morgan fingerprint density at radius 1 is 0.293 bits per heavy atom. The molecular weight excluding hydrogens is 1580 g/mol. The first-order valence-corrected chi connectivity index (χ1v) is 36.8. The topological polar surface area (TPSA) is 771 Å². The van der Waals surface area contributed by atoms with E-state index < -0.39 is 322 Å². The van der Waals surface area contributed by atoms with Gasteiger partial charge in [0.15, 0.2) is 72.6 Å². The maximum absolute atomic E-state index is 12.2. The van der Waals surface area contributed by atoms with Crippen molar-refractivity contribution in [1.29, 1.82) is 0 Å². The Hall–Kier alpha value is -5.54. The van der Waals surface area contributed by atoms with Crippen molar-refractivity contribution in [2.24, 2.45) is 0 Å². The lowest BCUT2D eigenvalue weighted by Gasteiger charge is -2.44. The van der Waals surface area contributed by atoms with Crippen molar-refractivity contribution in [2.45, 2.75) is 232 Å². The van der Waals surface area contributed by atoms with Crippen molar-refractivity contribution in [3.05, 3.63) is 47.0 Å². The molecule has 0 aliphatic carbocycles. The number of hydrogen-bond donors (Lipinski definition) is 30. The van der Waals surface area contributed by atoms with Gasteiger partial charge in [0.05, 0.1) is 86.3 Å². The number of aromatic amines is 2. The number of aliphatic hydroxyl groups is 28. The number of nitrogens with one attached hydrogen (secondary N) is 2. The van der Waals surface area contributed by atoms with Crippen LogP contribution in [0, 0.1) is 0 Å². The first-order chi connectivity index (χ1) is 55.4. The van der Waals surface area contributed by atoms with Crippen LogP contribution in [0.4, 0.5) is 0 Å². The number of nitrogens with zero attached hydrogens (tertiary/aromatic N) is 2. The predicted octanol–water partition coefficient (Wildman–Crippen LogP) is -15.7. The summed E-state index contributed by atoms with van der Waals surface area (Å²) in [5.74, 6) is -12.3. The molecule has 0 saturated carbocycles. The second kappa shape index (κ2) is 35.5. The van der Waals surface area contributed by atoms with Crippen molar-refractivity contribution in [3.8, 4) is 23.0 Å². The Morgan fingerprint density at radius 3 is 0.733 bits per heavy atom. The van der Waals surface area contributed by atoms with Crippen LogP contribution in [-0.4, -0.2) is 461 Å². The molecule has 0 unspecified atom stereocenters. The largest absolute Gasteiger partial charge is 0.481 e. The summed E-state index contributed by atoms with van der Waals surface area (Å²) in [5, 5.41) is 309. The minimum atomic E-state index is -2.64. The van der Waals surface area contributed by atoms with E-state index in [-0.39, 0.29) is 57.7 Å². The molecule has 10 aliphatic rings. The normalized spacial score (nSPS) is 43.8. The molecule has 0 amide bonds. The Kier molecular flexibility index (Phi) is 27.0. The number of fused-ring (bicyclic) bond motifs is 8. The molecule has 8 saturated heterocycles. The molecule has 13 rings (SSSR count). The van der Waals surface area contributed by atoms with Gasteiger partial charge in [-0.1, -0.05) is 0 Å². The van der Waals surface area contributed by atoms with E-state index in [0.29, 0.717) is 0 Å². The van der Waals surface area contributed by atoms with E-state index in [9.17, 15) is 143 Å². The summed E-state index contributed by atoms with van der Waals surface area (Å²) in [6, 6.07) is 5.14. The van der Waals surface area contributed by atoms with Gasteiger partial charge in [-0.3, -0.25) is 0 Å². The van der Waals surface area contributed by atoms with Gasteiger partial charge in [-0.15, -0.1) is 0 Å². The third-order valence-electron chi connectivity index (χ3n) is 22.0. The summed E-state index contributed by atoms with van der Waals surface area (Å²) in [6.07, 6.45) is -62.4. The molecule has 116 heavy (non-hydrogen) atoms. The maximum atomic E-state index is 12.2. The SMILES string of the molecule is OC[C@@H]1O[C@](CO)(O[C@@H]2O[C@@H](CO)[C@H](Oc3c4nc(c(O[C@@H]5[C@@H](O)[C@H](O)[C@H](O[C@@]6(CO)O[C@@H](CO)[C@H](O)[C@H]6O)O[C@H]5CO)c5ccc([nH]5)c(O[C@H]5[C@H](O)[C@@H](O)[C@@H](O[C@]6(CO)O[C@H](CO)[C@@H](O)[C@@H]6O)O[C@@H]5CO)c5nc(c(O[C@H]6[C@H](O)[C@@H](O)[C@@H](O[C@]7(CO)O[C@H](CO)[C@@H](O)[C@@H]7O)O[C@@H]6CO)c6ccc3[nH]6)C=C5)CC4)[C@@H](O)[C@@H]2O)[C@H](O)[C@H]1O. The van der Waals surface area contributed by atoms with Gasteiger partial charge in [0.25, 0.3) is 0 Å². The van der Waals surface area contributed by atoms with E-state index in [0.717, 1.165) is 0 Å². The van der Waals surface area contributed by atoms with Crippen LogP contribution in [0.1, 0.15) is 22.8 Å². The number of rotatable bonds is 28. The van der Waals surface area contributed by atoms with Gasteiger partial charge in [-0.2, -0.15) is 0 Å². The molecule has 30 N–H and O–H groups in total. The lowest BCUT2D eigenvalue weighted by molar-refractivity contribution is -0.382. The molecule has 0 radical (unpaired) electrons. The summed E-state index contributed by atoms with van der Waals surface area (Å²) in [7, 11) is 0. The highest BCUT2D eigenvalue weighted by Crippen LogP contribution is 2.46. The molecule has 0 spiro atoms. The van der Waals surface area contributed by atoms with Gasteiger partial charge in [0.1, 0.15) is 184 Å². The molecule has 10 aliphatic heterocycles. The zero-order valence-electron chi connectivity index (χ0n) is 60.8. The summed E-state index contributed by atoms with van der Waals surface area (Å²) in [6.45, 7) is -13.1. The standard InChI is InChI=1S/C68H96N4O44/c73-9-29-37(85)57(97)65(17-81,109-29)113-61-45(93)41(89)53(33(13-77)101-61)105-49-21-1-2-22(69-21)50(106-54-34(14-78)102-62(46(94)42(54)90)114-66(18-82)58(98)38(86)30(10-74)110-66)24-5-6-26(71-24)52(108-56-36(16-80)104-64(48(96)44(56)92)116-68(20-84)60(100)40(88)32(12-76)112-68)28-8-7-27(72-28)51(25-4-3-23(49)70-25)107-55-35(15-79)103-63(47(95)43(55)91)115-67(19-83)59(99)39(87)31(11-75)111-67/h1-6,29-48,53-64,70-71,73-100H,7-20H2/t29-,30-,31+,32+,33-,34-,35+,36+,37-,38-,39+,40+,41-,42-,43+,44+,45-,46-,47+,48+,53-,54-,55+,56+,57+,58+,59-,60-,61-,62-,63+,64+,65+,66+,67-,68-/m1/s1. The Labute approximate surface area is 652 Å². The van der Waals surface area contributed by atoms with Gasteiger partial charge in [0.2, 0.25) is 23.1 Å². The minimum absolute atomic E-state index is 0.158. The molecule has 3 aromatic heterocycles. The third-order valence-corrected chi connectivity index (χ3v) is 22.0.